The van der Waals surface area contributed by atoms with Gasteiger partial charge in [-0.05, 0) is 42.7 Å². The van der Waals surface area contributed by atoms with Crippen LogP contribution in [0, 0.1) is 6.92 Å². The van der Waals surface area contributed by atoms with Crippen LogP contribution in [0.5, 0.6) is 5.88 Å². The zero-order valence-electron chi connectivity index (χ0n) is 24.0. The molecule has 8 nitrogen and oxygen atoms in total. The Balaban J connectivity index is 1.62. The van der Waals surface area contributed by atoms with Gasteiger partial charge >= 0.3 is 18.3 Å². The minimum Gasteiger partial charge on any atom is -0.477 e. The topological polar surface area (TPSA) is 75.6 Å². The van der Waals surface area contributed by atoms with E-state index in [9.17, 15) is 35.9 Å². The van der Waals surface area contributed by atoms with Gasteiger partial charge in [-0.25, -0.2) is 0 Å². The summed E-state index contributed by atoms with van der Waals surface area (Å²) in [5.74, 6) is -0.329. The van der Waals surface area contributed by atoms with Gasteiger partial charge in [0.2, 0.25) is 12.3 Å². The lowest BCUT2D eigenvalue weighted by Gasteiger charge is -2.38. The Hall–Kier alpha value is -4.20. The van der Waals surface area contributed by atoms with Gasteiger partial charge in [0.15, 0.2) is 0 Å². The maximum atomic E-state index is 14.2. The van der Waals surface area contributed by atoms with Gasteiger partial charge in [-0.15, -0.1) is 4.98 Å². The fourth-order valence-electron chi connectivity index (χ4n) is 5.39. The van der Waals surface area contributed by atoms with Crippen molar-refractivity contribution >= 4 is 18.3 Å². The molecule has 0 aliphatic carbocycles. The minimum atomic E-state index is -5.02. The van der Waals surface area contributed by atoms with Gasteiger partial charge in [-0.2, -0.15) is 31.3 Å². The second-order valence-corrected chi connectivity index (χ2v) is 11.2. The first-order valence-corrected chi connectivity index (χ1v) is 13.9. The van der Waals surface area contributed by atoms with Crippen molar-refractivity contribution in [3.63, 3.8) is 0 Å². The van der Waals surface area contributed by atoms with Crippen molar-refractivity contribution in [2.75, 3.05) is 46.4 Å². The summed E-state index contributed by atoms with van der Waals surface area (Å²) in [6, 6.07) is 8.50. The van der Waals surface area contributed by atoms with Gasteiger partial charge in [-0.1, -0.05) is 24.3 Å². The lowest BCUT2D eigenvalue weighted by atomic mass is 10.00. The highest BCUT2D eigenvalue weighted by Crippen LogP contribution is 2.38. The van der Waals surface area contributed by atoms with Crippen LogP contribution in [0.25, 0.3) is 11.3 Å². The van der Waals surface area contributed by atoms with E-state index in [4.69, 9.17) is 9.72 Å². The molecule has 0 saturated carbocycles. The molecule has 0 unspecified atom stereocenters. The van der Waals surface area contributed by atoms with Gasteiger partial charge in [0, 0.05) is 18.7 Å². The number of quaternary nitrogens is 1. The largest absolute Gasteiger partial charge is 0.477 e. The molecule has 3 aromatic rings. The van der Waals surface area contributed by atoms with E-state index in [1.807, 2.05) is 26.1 Å². The van der Waals surface area contributed by atoms with Crippen molar-refractivity contribution in [1.29, 1.82) is 0 Å². The quantitative estimate of drug-likeness (QED) is 0.219. The molecule has 1 aromatic heterocycles. The fraction of sp³-hybridized carbons (Fsp3) is 0.400. The monoisotopic (exact) mass is 622 g/mol. The maximum Gasteiger partial charge on any atom is 0.416 e. The first kappa shape index (κ1) is 31.2. The molecule has 0 atom stereocenters. The number of amides is 2. The van der Waals surface area contributed by atoms with Crippen LogP contribution in [0.3, 0.4) is 0 Å². The van der Waals surface area contributed by atoms with E-state index in [1.54, 1.807) is 17.0 Å². The van der Waals surface area contributed by atoms with Crippen molar-refractivity contribution < 1.29 is 40.7 Å². The molecule has 44 heavy (non-hydrogen) atoms. The first-order valence-electron chi connectivity index (χ1n) is 13.9. The number of benzene rings is 2. The SMILES string of the molecule is Cc1ccccc1-c1nc([N+]2(C)CCN(C=O)CC2)nc2c1C(=O)N(Cc1cc(C(F)(F)F)cc(C(F)(F)F)c1)CCCO2. The van der Waals surface area contributed by atoms with Crippen LogP contribution in [-0.4, -0.2) is 78.5 Å². The van der Waals surface area contributed by atoms with Gasteiger partial charge in [0.1, 0.15) is 18.7 Å². The molecular formula is C30H30F6N5O3+. The number of alkyl halides is 6. The Morgan fingerprint density at radius 3 is 2.18 bits per heavy atom. The molecule has 0 spiro atoms. The Labute approximate surface area is 249 Å². The molecule has 2 amide bonds. The smallest absolute Gasteiger partial charge is 0.416 e. The average molecular weight is 623 g/mol. The molecule has 0 N–H and O–H groups in total. The molecule has 3 heterocycles. The second kappa shape index (κ2) is 11.7. The van der Waals surface area contributed by atoms with Crippen molar-refractivity contribution in [1.82, 2.24) is 24.3 Å². The third kappa shape index (κ3) is 6.35. The highest BCUT2D eigenvalue weighted by molar-refractivity contribution is 6.02. The minimum absolute atomic E-state index is 0.0138. The van der Waals surface area contributed by atoms with Gasteiger partial charge in [0.05, 0.1) is 43.6 Å². The summed E-state index contributed by atoms with van der Waals surface area (Å²) in [5, 5.41) is 0. The van der Waals surface area contributed by atoms with Crippen LogP contribution in [0.15, 0.2) is 42.5 Å². The molecule has 1 fully saturated rings. The third-order valence-electron chi connectivity index (χ3n) is 7.99. The Morgan fingerprint density at radius 2 is 1.59 bits per heavy atom. The van der Waals surface area contributed by atoms with E-state index in [1.165, 1.54) is 4.90 Å². The number of fused-ring (bicyclic) bond motifs is 1. The summed E-state index contributed by atoms with van der Waals surface area (Å²) in [4.78, 5) is 37.8. The second-order valence-electron chi connectivity index (χ2n) is 11.2. The van der Waals surface area contributed by atoms with Crippen molar-refractivity contribution in [2.24, 2.45) is 0 Å². The van der Waals surface area contributed by atoms with Gasteiger partial charge in [-0.3, -0.25) is 14.1 Å². The van der Waals surface area contributed by atoms with Gasteiger partial charge < -0.3 is 14.5 Å². The molecule has 234 valence electrons. The van der Waals surface area contributed by atoms with Crippen molar-refractivity contribution in [2.45, 2.75) is 32.2 Å². The molecule has 0 radical (unpaired) electrons. The number of nitrogens with zero attached hydrogens (tertiary/aromatic N) is 5. The predicted octanol–water partition coefficient (Wildman–Crippen LogP) is 5.32. The number of hydrogen-bond donors (Lipinski definition) is 0. The summed E-state index contributed by atoms with van der Waals surface area (Å²) < 4.78 is 87.5. The van der Waals surface area contributed by atoms with Gasteiger partial charge in [0.25, 0.3) is 5.91 Å². The van der Waals surface area contributed by atoms with Crippen LogP contribution in [0.4, 0.5) is 32.3 Å². The molecule has 2 aliphatic heterocycles. The molecule has 1 saturated heterocycles. The summed E-state index contributed by atoms with van der Waals surface area (Å²) in [6.45, 7) is 3.37. The van der Waals surface area contributed by atoms with Crippen LogP contribution < -0.4 is 9.22 Å². The molecule has 2 aliphatic rings. The molecular weight excluding hydrogens is 592 g/mol. The van der Waals surface area contributed by atoms with E-state index in [0.29, 0.717) is 49.8 Å². The van der Waals surface area contributed by atoms with Crippen LogP contribution in [-0.2, 0) is 23.7 Å². The summed E-state index contributed by atoms with van der Waals surface area (Å²) in [6.07, 6.45) is -9.00. The van der Waals surface area contributed by atoms with Crippen molar-refractivity contribution in [3.8, 4) is 17.1 Å². The third-order valence-corrected chi connectivity index (χ3v) is 7.99. The zero-order chi connectivity index (χ0) is 31.9. The van der Waals surface area contributed by atoms with Crippen molar-refractivity contribution in [3.05, 3.63) is 70.3 Å². The predicted molar refractivity (Wildman–Crippen MR) is 149 cm³/mol. The molecule has 14 heteroatoms. The summed E-state index contributed by atoms with van der Waals surface area (Å²) in [7, 11) is 1.91. The number of halogens is 6. The van der Waals surface area contributed by atoms with Crippen LogP contribution in [0.1, 0.15) is 39.0 Å². The zero-order valence-corrected chi connectivity index (χ0v) is 24.0. The molecule has 5 rings (SSSR count). The number of aromatic nitrogens is 2. The summed E-state index contributed by atoms with van der Waals surface area (Å²) >= 11 is 0. The number of ether oxygens (including phenoxy) is 1. The number of carbonyl (C=O) groups is 2. The number of rotatable bonds is 5. The number of carbonyl (C=O) groups excluding carboxylic acids is 2. The van der Waals surface area contributed by atoms with Crippen LogP contribution in [0.2, 0.25) is 0 Å². The lowest BCUT2D eigenvalue weighted by Crippen LogP contribution is -2.58. The number of aryl methyl sites for hydroxylation is 1. The van der Waals surface area contributed by atoms with E-state index in [-0.39, 0.29) is 52.8 Å². The van der Waals surface area contributed by atoms with E-state index >= 15 is 0 Å². The first-order chi connectivity index (χ1) is 20.7. The van der Waals surface area contributed by atoms with E-state index in [2.05, 4.69) is 4.98 Å². The highest BCUT2D eigenvalue weighted by atomic mass is 19.4. The maximum absolute atomic E-state index is 14.2. The summed E-state index contributed by atoms with van der Waals surface area (Å²) in [5.41, 5.74) is -1.62. The molecule has 0 bridgehead atoms. The average Bonchev–Trinajstić information content (AvgIpc) is 2.97. The lowest BCUT2D eigenvalue weighted by molar-refractivity contribution is -0.143. The van der Waals surface area contributed by atoms with E-state index < -0.39 is 35.9 Å². The Bertz CT molecular complexity index is 1540. The number of piperazine rings is 1. The Kier molecular flexibility index (Phi) is 8.31. The fourth-order valence-corrected chi connectivity index (χ4v) is 5.39. The molecule has 2 aromatic carbocycles. The van der Waals surface area contributed by atoms with E-state index in [0.717, 1.165) is 12.0 Å². The van der Waals surface area contributed by atoms with Crippen LogP contribution >= 0.6 is 0 Å². The highest BCUT2D eigenvalue weighted by Gasteiger charge is 2.39. The standard InChI is InChI=1S/C30H30F6N5O3/c1-19-6-3-4-7-23(19)25-24-26(38-28(37-25)41(2)11-9-39(18-42)10-12-41)44-13-5-8-40(27(24)43)17-20-14-21(29(31,32)33)16-22(15-20)30(34,35)36/h3-4,6-7,14-16,18H,5,8-13,17H2,1-2H3/q+1. The Morgan fingerprint density at radius 1 is 0.955 bits per heavy atom. The normalized spacial score (nSPS) is 17.4. The number of hydrogen-bond acceptors (Lipinski definition) is 5. The number of likely N-dealkylation sites (N-methyl/N-ethyl adjacent to an activating group) is 1.